The summed E-state index contributed by atoms with van der Waals surface area (Å²) in [4.78, 5) is 22.5. The van der Waals surface area contributed by atoms with Crippen LogP contribution in [-0.4, -0.2) is 35.4 Å². The minimum Gasteiger partial charge on any atom is -0.458 e. The Hall–Kier alpha value is -2.66. The summed E-state index contributed by atoms with van der Waals surface area (Å²) in [6, 6.07) is 9.66. The molecule has 1 heterocycles. The van der Waals surface area contributed by atoms with Gasteiger partial charge in [-0.25, -0.2) is 4.79 Å². The van der Waals surface area contributed by atoms with Crippen LogP contribution in [0.15, 0.2) is 60.7 Å². The number of carbonyl (C=O) groups excluding carboxylic acids is 2. The molecule has 5 heteroatoms. The van der Waals surface area contributed by atoms with Crippen molar-refractivity contribution in [3.05, 3.63) is 66.3 Å². The van der Waals surface area contributed by atoms with Crippen molar-refractivity contribution in [1.29, 1.82) is 0 Å². The first kappa shape index (κ1) is 19.7. The molecule has 0 aliphatic carbocycles. The van der Waals surface area contributed by atoms with E-state index in [0.717, 1.165) is 5.56 Å². The number of esters is 2. The molecular weight excluding hydrogens is 332 g/mol. The van der Waals surface area contributed by atoms with Crippen molar-refractivity contribution in [3.8, 4) is 0 Å². The summed E-state index contributed by atoms with van der Waals surface area (Å²) >= 11 is 0. The molecule has 0 unspecified atom stereocenters. The van der Waals surface area contributed by atoms with Crippen LogP contribution in [-0.2, 0) is 19.1 Å². The fourth-order valence-electron chi connectivity index (χ4n) is 2.57. The van der Waals surface area contributed by atoms with E-state index in [-0.39, 0.29) is 18.5 Å². The summed E-state index contributed by atoms with van der Waals surface area (Å²) in [6.45, 7) is 1.35. The van der Waals surface area contributed by atoms with Crippen LogP contribution in [0, 0.1) is 0 Å². The van der Waals surface area contributed by atoms with Gasteiger partial charge in [0.15, 0.2) is 0 Å². The van der Waals surface area contributed by atoms with E-state index < -0.39 is 18.2 Å². The molecular formula is C21H24O5. The molecule has 0 radical (unpaired) electrons. The van der Waals surface area contributed by atoms with Gasteiger partial charge in [0.05, 0.1) is 6.10 Å². The van der Waals surface area contributed by atoms with Crippen molar-refractivity contribution >= 4 is 18.0 Å². The normalized spacial score (nSPS) is 19.5. The maximum atomic E-state index is 11.3. The Bertz CT molecular complexity index is 675. The third-order valence-corrected chi connectivity index (χ3v) is 3.77. The third kappa shape index (κ3) is 7.49. The first-order valence-corrected chi connectivity index (χ1v) is 8.65. The Kier molecular flexibility index (Phi) is 7.83. The lowest BCUT2D eigenvalue weighted by atomic mass is 10.1. The molecule has 1 aromatic rings. The molecule has 0 bridgehead atoms. The van der Waals surface area contributed by atoms with E-state index in [2.05, 4.69) is 0 Å². The molecule has 26 heavy (non-hydrogen) atoms. The first-order chi connectivity index (χ1) is 12.5. The molecule has 0 saturated heterocycles. The van der Waals surface area contributed by atoms with Crippen LogP contribution in [0.4, 0.5) is 0 Å². The van der Waals surface area contributed by atoms with E-state index in [0.29, 0.717) is 12.8 Å². The number of hydrogen-bond acceptors (Lipinski definition) is 5. The van der Waals surface area contributed by atoms with E-state index in [1.54, 1.807) is 24.3 Å². The fourth-order valence-corrected chi connectivity index (χ4v) is 2.57. The average Bonchev–Trinajstić information content (AvgIpc) is 2.60. The number of aliphatic hydroxyl groups is 1. The van der Waals surface area contributed by atoms with Crippen LogP contribution >= 0.6 is 0 Å². The van der Waals surface area contributed by atoms with Crippen molar-refractivity contribution < 1.29 is 24.2 Å². The van der Waals surface area contributed by atoms with Gasteiger partial charge in [-0.2, -0.15) is 0 Å². The number of aliphatic hydroxyl groups excluding tert-OH is 1. The van der Waals surface area contributed by atoms with E-state index >= 15 is 0 Å². The van der Waals surface area contributed by atoms with Crippen molar-refractivity contribution in [1.82, 2.24) is 0 Å². The molecule has 138 valence electrons. The number of rotatable bonds is 8. The molecule has 0 fully saturated rings. The second-order valence-electron chi connectivity index (χ2n) is 6.08. The van der Waals surface area contributed by atoms with Gasteiger partial charge in [0, 0.05) is 25.8 Å². The molecule has 0 aromatic heterocycles. The smallest absolute Gasteiger partial charge is 0.331 e. The summed E-state index contributed by atoms with van der Waals surface area (Å²) in [6.07, 6.45) is 10.2. The van der Waals surface area contributed by atoms with E-state index in [1.165, 1.54) is 13.0 Å². The molecule has 2 rings (SSSR count). The summed E-state index contributed by atoms with van der Waals surface area (Å²) in [5, 5.41) is 10.2. The van der Waals surface area contributed by atoms with Gasteiger partial charge in [-0.05, 0) is 24.1 Å². The lowest BCUT2D eigenvalue weighted by Gasteiger charge is -2.17. The monoisotopic (exact) mass is 356 g/mol. The predicted octanol–water partition coefficient (Wildman–Crippen LogP) is 3.20. The zero-order chi connectivity index (χ0) is 18.8. The Balaban J connectivity index is 1.86. The SMILES string of the molecule is CC(=O)O[C@H](C=Cc1ccccc1)C[C@H](O)CC=C[C@@H]1CC=CC(=O)O1. The van der Waals surface area contributed by atoms with Crippen molar-refractivity contribution in [2.75, 3.05) is 0 Å². The molecule has 1 aliphatic heterocycles. The van der Waals surface area contributed by atoms with Crippen molar-refractivity contribution in [2.24, 2.45) is 0 Å². The summed E-state index contributed by atoms with van der Waals surface area (Å²) < 4.78 is 10.4. The molecule has 5 nitrogen and oxygen atoms in total. The number of carbonyl (C=O) groups is 2. The quantitative estimate of drug-likeness (QED) is 0.572. The number of benzene rings is 1. The van der Waals surface area contributed by atoms with Gasteiger partial charge in [0.1, 0.15) is 12.2 Å². The van der Waals surface area contributed by atoms with Gasteiger partial charge in [-0.3, -0.25) is 4.79 Å². The number of ether oxygens (including phenoxy) is 2. The molecule has 1 N–H and O–H groups in total. The molecule has 1 aromatic carbocycles. The zero-order valence-corrected chi connectivity index (χ0v) is 14.8. The van der Waals surface area contributed by atoms with Crippen LogP contribution in [0.2, 0.25) is 0 Å². The van der Waals surface area contributed by atoms with Gasteiger partial charge < -0.3 is 14.6 Å². The molecule has 3 atom stereocenters. The molecule has 0 amide bonds. The highest BCUT2D eigenvalue weighted by atomic mass is 16.5. The Labute approximate surface area is 153 Å². The summed E-state index contributed by atoms with van der Waals surface area (Å²) in [5.41, 5.74) is 0.992. The van der Waals surface area contributed by atoms with Gasteiger partial charge in [-0.1, -0.05) is 48.6 Å². The summed E-state index contributed by atoms with van der Waals surface area (Å²) in [7, 11) is 0. The van der Waals surface area contributed by atoms with Crippen LogP contribution in [0.3, 0.4) is 0 Å². The highest BCUT2D eigenvalue weighted by molar-refractivity contribution is 5.82. The lowest BCUT2D eigenvalue weighted by molar-refractivity contribution is -0.145. The van der Waals surface area contributed by atoms with E-state index in [9.17, 15) is 14.7 Å². The van der Waals surface area contributed by atoms with Gasteiger partial charge >= 0.3 is 11.9 Å². The van der Waals surface area contributed by atoms with Crippen LogP contribution < -0.4 is 0 Å². The minimum absolute atomic E-state index is 0.289. The Morgan fingerprint density at radius 2 is 2.15 bits per heavy atom. The van der Waals surface area contributed by atoms with Crippen LogP contribution in [0.25, 0.3) is 6.08 Å². The fraction of sp³-hybridized carbons (Fsp3) is 0.333. The van der Waals surface area contributed by atoms with Gasteiger partial charge in [0.2, 0.25) is 0 Å². The standard InChI is InChI=1S/C21H24O5/c1-16(22)25-20(14-13-17-7-3-2-4-8-17)15-18(23)9-5-10-19-11-6-12-21(24)26-19/h2-8,10,12-14,18-20,23H,9,11,15H2,1H3/t18-,19-,20-/m1/s1. The minimum atomic E-state index is -0.675. The maximum absolute atomic E-state index is 11.3. The highest BCUT2D eigenvalue weighted by Gasteiger charge is 2.15. The topological polar surface area (TPSA) is 72.8 Å². The second-order valence-corrected chi connectivity index (χ2v) is 6.08. The van der Waals surface area contributed by atoms with Gasteiger partial charge in [-0.15, -0.1) is 0 Å². The highest BCUT2D eigenvalue weighted by Crippen LogP contribution is 2.13. The largest absolute Gasteiger partial charge is 0.458 e. The Morgan fingerprint density at radius 3 is 2.85 bits per heavy atom. The van der Waals surface area contributed by atoms with Crippen molar-refractivity contribution in [3.63, 3.8) is 0 Å². The molecule has 1 aliphatic rings. The molecule has 0 saturated carbocycles. The van der Waals surface area contributed by atoms with E-state index in [4.69, 9.17) is 9.47 Å². The Morgan fingerprint density at radius 1 is 1.38 bits per heavy atom. The van der Waals surface area contributed by atoms with Crippen molar-refractivity contribution in [2.45, 2.75) is 44.5 Å². The average molecular weight is 356 g/mol. The zero-order valence-electron chi connectivity index (χ0n) is 14.8. The summed E-state index contributed by atoms with van der Waals surface area (Å²) in [5.74, 6) is -0.747. The second kappa shape index (κ2) is 10.4. The first-order valence-electron chi connectivity index (χ1n) is 8.65. The predicted molar refractivity (Wildman–Crippen MR) is 99.0 cm³/mol. The van der Waals surface area contributed by atoms with Crippen LogP contribution in [0.5, 0.6) is 0 Å². The van der Waals surface area contributed by atoms with Crippen LogP contribution in [0.1, 0.15) is 31.7 Å². The molecule has 0 spiro atoms. The lowest BCUT2D eigenvalue weighted by Crippen LogP contribution is -2.21. The van der Waals surface area contributed by atoms with E-state index in [1.807, 2.05) is 36.4 Å². The van der Waals surface area contributed by atoms with Gasteiger partial charge in [0.25, 0.3) is 0 Å². The third-order valence-electron chi connectivity index (χ3n) is 3.77. The number of hydrogen-bond donors (Lipinski definition) is 1. The maximum Gasteiger partial charge on any atom is 0.331 e. The number of cyclic esters (lactones) is 1.